The number of carbonyl (C=O) groups excluding carboxylic acids is 1. The van der Waals surface area contributed by atoms with Crippen LogP contribution in [-0.2, 0) is 0 Å². The Bertz CT molecular complexity index is 483. The van der Waals surface area contributed by atoms with Gasteiger partial charge in [0, 0.05) is 6.07 Å². The molecule has 86 valence electrons. The van der Waals surface area contributed by atoms with E-state index < -0.39 is 10.4 Å². The van der Waals surface area contributed by atoms with Crippen LogP contribution in [0, 0.1) is 0 Å². The molecule has 0 bridgehead atoms. The molecule has 3 nitrogen and oxygen atoms in total. The minimum Gasteiger partial charge on any atom is -0.497 e. The summed E-state index contributed by atoms with van der Waals surface area (Å²) in [6, 6.07) is 4.97. The molecule has 0 saturated carbocycles. The van der Waals surface area contributed by atoms with Crippen LogP contribution >= 0.6 is 15.9 Å². The fourth-order valence-electron chi connectivity index (χ4n) is 1.61. The second kappa shape index (κ2) is 3.77. The Morgan fingerprint density at radius 3 is 2.88 bits per heavy atom. The fourth-order valence-corrected chi connectivity index (χ4v) is 1.91. The van der Waals surface area contributed by atoms with Crippen LogP contribution in [0.15, 0.2) is 18.2 Å². The highest BCUT2D eigenvalue weighted by atomic mass is 79.9. The number of halogens is 1. The lowest BCUT2D eigenvalue weighted by Crippen LogP contribution is -2.46. The summed E-state index contributed by atoms with van der Waals surface area (Å²) in [7, 11) is 1.55. The maximum absolute atomic E-state index is 12.2. The topological polar surface area (TPSA) is 35.5 Å². The Hall–Kier alpha value is -1.03. The third-order valence-electron chi connectivity index (χ3n) is 2.53. The van der Waals surface area contributed by atoms with Gasteiger partial charge in [-0.1, -0.05) is 15.9 Å². The van der Waals surface area contributed by atoms with Gasteiger partial charge in [-0.05, 0) is 26.0 Å². The van der Waals surface area contributed by atoms with Crippen molar-refractivity contribution in [2.75, 3.05) is 7.11 Å². The van der Waals surface area contributed by atoms with E-state index in [2.05, 4.69) is 15.9 Å². The summed E-state index contributed by atoms with van der Waals surface area (Å²) < 4.78 is 18.9. The van der Waals surface area contributed by atoms with E-state index in [-0.39, 0.29) is 5.78 Å². The molecule has 0 aliphatic carbocycles. The van der Waals surface area contributed by atoms with Crippen LogP contribution < -0.4 is 9.47 Å². The standard InChI is InChI=1S/C12H13BrO3/c1-12(2)11(13)10(14)8-5-4-7(15-3)6-9(8)16-12/h4-6,11H,1-3H3/i11D. The number of benzene rings is 1. The predicted molar refractivity (Wildman–Crippen MR) is 64.7 cm³/mol. The summed E-state index contributed by atoms with van der Waals surface area (Å²) in [6.45, 7) is 3.41. The maximum Gasteiger partial charge on any atom is 0.184 e. The van der Waals surface area contributed by atoms with E-state index in [0.29, 0.717) is 17.1 Å². The molecule has 0 radical (unpaired) electrons. The molecule has 0 aromatic heterocycles. The van der Waals surface area contributed by atoms with Gasteiger partial charge in [0.05, 0.1) is 14.0 Å². The van der Waals surface area contributed by atoms with Crippen LogP contribution in [0.3, 0.4) is 0 Å². The Labute approximate surface area is 104 Å². The maximum atomic E-state index is 12.2. The van der Waals surface area contributed by atoms with Gasteiger partial charge >= 0.3 is 0 Å². The van der Waals surface area contributed by atoms with Crippen molar-refractivity contribution in [3.05, 3.63) is 23.8 Å². The van der Waals surface area contributed by atoms with Crippen LogP contribution in [-0.4, -0.2) is 23.3 Å². The zero-order chi connectivity index (χ0) is 12.8. The van der Waals surface area contributed by atoms with Gasteiger partial charge < -0.3 is 9.47 Å². The van der Waals surface area contributed by atoms with Crippen LogP contribution in [0.4, 0.5) is 0 Å². The number of rotatable bonds is 1. The first-order valence-electron chi connectivity index (χ1n) is 5.40. The predicted octanol–water partition coefficient (Wildman–Crippen LogP) is 2.81. The van der Waals surface area contributed by atoms with E-state index in [1.165, 1.54) is 0 Å². The molecule has 0 spiro atoms. The van der Waals surface area contributed by atoms with Crippen LogP contribution in [0.25, 0.3) is 0 Å². The van der Waals surface area contributed by atoms with E-state index in [1.54, 1.807) is 39.2 Å². The Morgan fingerprint density at radius 2 is 2.25 bits per heavy atom. The molecule has 0 amide bonds. The van der Waals surface area contributed by atoms with Crippen molar-refractivity contribution in [3.63, 3.8) is 0 Å². The van der Waals surface area contributed by atoms with Crippen LogP contribution in [0.5, 0.6) is 11.5 Å². The largest absolute Gasteiger partial charge is 0.497 e. The molecule has 0 fully saturated rings. The summed E-state index contributed by atoms with van der Waals surface area (Å²) in [5.74, 6) is 0.785. The molecule has 1 atom stereocenters. The van der Waals surface area contributed by atoms with Gasteiger partial charge in [0.25, 0.3) is 0 Å². The summed E-state index contributed by atoms with van der Waals surface area (Å²) >= 11 is 3.15. The van der Waals surface area contributed by atoms with E-state index in [0.717, 1.165) is 0 Å². The highest BCUT2D eigenvalue weighted by molar-refractivity contribution is 9.10. The molecular weight excluding hydrogens is 272 g/mol. The summed E-state index contributed by atoms with van der Waals surface area (Å²) in [5, 5.41) is 0. The Balaban J connectivity index is 2.57. The van der Waals surface area contributed by atoms with Gasteiger partial charge in [-0.3, -0.25) is 4.79 Å². The first kappa shape index (κ1) is 10.1. The lowest BCUT2D eigenvalue weighted by molar-refractivity contribution is 0.0667. The highest BCUT2D eigenvalue weighted by Crippen LogP contribution is 2.38. The van der Waals surface area contributed by atoms with Gasteiger partial charge in [-0.2, -0.15) is 0 Å². The van der Waals surface area contributed by atoms with Crippen LogP contribution in [0.1, 0.15) is 25.6 Å². The Kier molecular flexibility index (Phi) is 2.39. The molecule has 2 rings (SSSR count). The number of carbonyl (C=O) groups is 1. The zero-order valence-corrected chi connectivity index (χ0v) is 10.9. The van der Waals surface area contributed by atoms with Crippen molar-refractivity contribution in [1.29, 1.82) is 0 Å². The van der Waals surface area contributed by atoms with Gasteiger partial charge in [0.2, 0.25) is 0 Å². The van der Waals surface area contributed by atoms with E-state index >= 15 is 0 Å². The molecule has 16 heavy (non-hydrogen) atoms. The normalized spacial score (nSPS) is 27.8. The summed E-state index contributed by atoms with van der Waals surface area (Å²) in [5.41, 5.74) is -0.541. The van der Waals surface area contributed by atoms with Gasteiger partial charge in [-0.15, -0.1) is 0 Å². The number of alkyl halides is 1. The Morgan fingerprint density at radius 1 is 1.56 bits per heavy atom. The molecule has 4 heteroatoms. The molecular formula is C12H13BrO3. The third kappa shape index (κ3) is 1.71. The summed E-state index contributed by atoms with van der Waals surface area (Å²) in [4.78, 5) is 10.7. The van der Waals surface area contributed by atoms with Crippen molar-refractivity contribution in [3.8, 4) is 11.5 Å². The number of methoxy groups -OCH3 is 1. The average Bonchev–Trinajstić information content (AvgIpc) is 2.25. The number of fused-ring (bicyclic) bond motifs is 1. The highest BCUT2D eigenvalue weighted by Gasteiger charge is 2.41. The molecule has 1 unspecified atom stereocenters. The second-order valence-electron chi connectivity index (χ2n) is 4.12. The smallest absolute Gasteiger partial charge is 0.184 e. The quantitative estimate of drug-likeness (QED) is 0.745. The number of hydrogen-bond acceptors (Lipinski definition) is 3. The third-order valence-corrected chi connectivity index (χ3v) is 3.84. The lowest BCUT2D eigenvalue weighted by atomic mass is 9.93. The number of Topliss-reactive ketones (excluding diaryl/α,β-unsaturated/α-hetero) is 1. The molecule has 1 aliphatic rings. The van der Waals surface area contributed by atoms with Crippen molar-refractivity contribution in [2.24, 2.45) is 0 Å². The van der Waals surface area contributed by atoms with E-state index in [9.17, 15) is 4.79 Å². The average molecular weight is 286 g/mol. The number of ether oxygens (including phenoxy) is 2. The molecule has 1 aromatic rings. The first-order valence-corrected chi connectivity index (χ1v) is 5.69. The molecule has 1 heterocycles. The molecule has 1 aromatic carbocycles. The minimum absolute atomic E-state index is 0.300. The molecule has 0 saturated heterocycles. The first-order chi connectivity index (χ1) is 7.79. The van der Waals surface area contributed by atoms with Gasteiger partial charge in [0.15, 0.2) is 5.78 Å². The van der Waals surface area contributed by atoms with E-state index in [4.69, 9.17) is 10.8 Å². The molecule has 1 aliphatic heterocycles. The van der Waals surface area contributed by atoms with Gasteiger partial charge in [0.1, 0.15) is 21.9 Å². The van der Waals surface area contributed by atoms with E-state index in [1.807, 2.05) is 0 Å². The lowest BCUT2D eigenvalue weighted by Gasteiger charge is -2.35. The minimum atomic E-state index is -1.47. The van der Waals surface area contributed by atoms with Crippen molar-refractivity contribution in [2.45, 2.75) is 24.3 Å². The molecule has 0 N–H and O–H groups in total. The zero-order valence-electron chi connectivity index (χ0n) is 10.3. The number of ketones is 1. The van der Waals surface area contributed by atoms with Crippen molar-refractivity contribution < 1.29 is 15.6 Å². The fraction of sp³-hybridized carbons (Fsp3) is 0.417. The number of hydrogen-bond donors (Lipinski definition) is 0. The second-order valence-corrected chi connectivity index (χ2v) is 4.91. The van der Waals surface area contributed by atoms with Crippen LogP contribution in [0.2, 0.25) is 0 Å². The van der Waals surface area contributed by atoms with Crippen molar-refractivity contribution >= 4 is 21.7 Å². The summed E-state index contributed by atoms with van der Waals surface area (Å²) in [6.07, 6.45) is 0. The van der Waals surface area contributed by atoms with Gasteiger partial charge in [-0.25, -0.2) is 0 Å². The van der Waals surface area contributed by atoms with Crippen molar-refractivity contribution in [1.82, 2.24) is 0 Å². The monoisotopic (exact) mass is 285 g/mol. The SMILES string of the molecule is [2H]C1(Br)C(=O)c2ccc(OC)cc2OC1(C)C.